The van der Waals surface area contributed by atoms with Crippen LogP contribution in [0.25, 0.3) is 0 Å². The van der Waals surface area contributed by atoms with Gasteiger partial charge in [-0.15, -0.1) is 0 Å². The summed E-state index contributed by atoms with van der Waals surface area (Å²) in [6.45, 7) is 0. The monoisotopic (exact) mass is 259 g/mol. The van der Waals surface area contributed by atoms with E-state index in [1.54, 1.807) is 0 Å². The van der Waals surface area contributed by atoms with Gasteiger partial charge in [-0.25, -0.2) is 8.78 Å². The molecule has 1 fully saturated rings. The Morgan fingerprint density at radius 1 is 1.33 bits per heavy atom. The van der Waals surface area contributed by atoms with E-state index in [0.717, 1.165) is 4.90 Å². The van der Waals surface area contributed by atoms with Crippen LogP contribution >= 0.6 is 0 Å². The third kappa shape index (κ3) is 2.01. The summed E-state index contributed by atoms with van der Waals surface area (Å²) in [5.41, 5.74) is 0. The molecule has 0 bridgehead atoms. The second-order valence-corrected chi connectivity index (χ2v) is 3.78. The number of likely N-dealkylation sites (N-methyl/N-ethyl adjacent to an activating group) is 1. The summed E-state index contributed by atoms with van der Waals surface area (Å²) in [4.78, 5) is 26.6. The van der Waals surface area contributed by atoms with Gasteiger partial charge in [0, 0.05) is 13.1 Å². The highest BCUT2D eigenvalue weighted by molar-refractivity contribution is 6.06. The van der Waals surface area contributed by atoms with Gasteiger partial charge in [0.1, 0.15) is 6.04 Å². The number of amides is 2. The predicted octanol–water partition coefficient (Wildman–Crippen LogP) is 0.668. The molecule has 1 saturated heterocycles. The normalized spacial score (nSPS) is 19.6. The number of likely N-dealkylation sites (tertiary alicyclic amines) is 1. The highest BCUT2D eigenvalue weighted by Crippen LogP contribution is 2.19. The van der Waals surface area contributed by atoms with Crippen LogP contribution in [0, 0.1) is 17.6 Å². The number of nitrogens with one attached hydrogen (secondary N) is 1. The summed E-state index contributed by atoms with van der Waals surface area (Å²) < 4.78 is 38.7. The van der Waals surface area contributed by atoms with E-state index in [9.17, 15) is 22.8 Å². The molecule has 18 heavy (non-hydrogen) atoms. The van der Waals surface area contributed by atoms with Gasteiger partial charge in [-0.2, -0.15) is 9.37 Å². The van der Waals surface area contributed by atoms with Crippen molar-refractivity contribution >= 4 is 17.6 Å². The molecule has 1 unspecified atom stereocenters. The van der Waals surface area contributed by atoms with Gasteiger partial charge in [-0.3, -0.25) is 14.5 Å². The standard InChI is InChI=1S/C10H8F3N3O2/c1-16-7(17)3-6(10(16)18)14-9-5(12)2-4(11)8(13)15-9/h2,6H,3H2,1H3,(H,14,15). The lowest BCUT2D eigenvalue weighted by Gasteiger charge is -2.12. The van der Waals surface area contributed by atoms with Crippen LogP contribution in [0.5, 0.6) is 0 Å². The molecular formula is C10H8F3N3O2. The molecule has 1 aromatic rings. The molecule has 1 aliphatic heterocycles. The minimum atomic E-state index is -1.48. The fourth-order valence-corrected chi connectivity index (χ4v) is 1.58. The maximum atomic E-state index is 13.3. The third-order valence-corrected chi connectivity index (χ3v) is 2.58. The molecule has 1 aromatic heterocycles. The molecule has 2 amide bonds. The fraction of sp³-hybridized carbons (Fsp3) is 0.300. The van der Waals surface area contributed by atoms with Gasteiger partial charge in [-0.05, 0) is 0 Å². The number of carbonyl (C=O) groups is 2. The second-order valence-electron chi connectivity index (χ2n) is 3.78. The highest BCUT2D eigenvalue weighted by atomic mass is 19.2. The van der Waals surface area contributed by atoms with Crippen molar-refractivity contribution in [2.45, 2.75) is 12.5 Å². The first-order valence-corrected chi connectivity index (χ1v) is 4.98. The van der Waals surface area contributed by atoms with Gasteiger partial charge in [0.2, 0.25) is 5.91 Å². The number of rotatable bonds is 2. The van der Waals surface area contributed by atoms with Crippen LogP contribution in [-0.4, -0.2) is 34.8 Å². The summed E-state index contributed by atoms with van der Waals surface area (Å²) in [7, 11) is 1.28. The van der Waals surface area contributed by atoms with E-state index in [4.69, 9.17) is 0 Å². The second kappa shape index (κ2) is 4.28. The van der Waals surface area contributed by atoms with Crippen molar-refractivity contribution in [3.05, 3.63) is 23.6 Å². The first-order chi connectivity index (χ1) is 8.40. The number of aromatic nitrogens is 1. The maximum absolute atomic E-state index is 13.3. The zero-order chi connectivity index (χ0) is 13.4. The molecule has 2 rings (SSSR count). The van der Waals surface area contributed by atoms with Crippen LogP contribution in [0.1, 0.15) is 6.42 Å². The number of nitrogens with zero attached hydrogens (tertiary/aromatic N) is 2. The summed E-state index contributed by atoms with van der Waals surface area (Å²) >= 11 is 0. The number of anilines is 1. The van der Waals surface area contributed by atoms with Gasteiger partial charge < -0.3 is 5.32 Å². The number of hydrogen-bond donors (Lipinski definition) is 1. The number of carbonyl (C=O) groups excluding carboxylic acids is 2. The summed E-state index contributed by atoms with van der Waals surface area (Å²) in [6.07, 6.45) is -0.185. The van der Waals surface area contributed by atoms with E-state index in [2.05, 4.69) is 10.3 Å². The Kier molecular flexibility index (Phi) is 2.93. The molecule has 2 heterocycles. The Hall–Kier alpha value is -2.12. The first-order valence-electron chi connectivity index (χ1n) is 4.98. The Morgan fingerprint density at radius 2 is 2.00 bits per heavy atom. The SMILES string of the molecule is CN1C(=O)CC(Nc2nc(F)c(F)cc2F)C1=O. The van der Waals surface area contributed by atoms with Crippen LogP contribution < -0.4 is 5.32 Å². The van der Waals surface area contributed by atoms with Crippen molar-refractivity contribution < 1.29 is 22.8 Å². The van der Waals surface area contributed by atoms with Crippen LogP contribution in [0.15, 0.2) is 6.07 Å². The zero-order valence-corrected chi connectivity index (χ0v) is 9.21. The van der Waals surface area contributed by atoms with Crippen molar-refractivity contribution in [2.24, 2.45) is 0 Å². The number of halogens is 3. The van der Waals surface area contributed by atoms with Crippen molar-refractivity contribution in [1.29, 1.82) is 0 Å². The van der Waals surface area contributed by atoms with Crippen molar-refractivity contribution in [3.8, 4) is 0 Å². The molecule has 1 atom stereocenters. The predicted molar refractivity (Wildman–Crippen MR) is 53.9 cm³/mol. The summed E-state index contributed by atoms with van der Waals surface area (Å²) in [6, 6.07) is -0.704. The molecule has 0 radical (unpaired) electrons. The number of pyridine rings is 1. The van der Waals surface area contributed by atoms with Crippen molar-refractivity contribution in [3.63, 3.8) is 0 Å². The van der Waals surface area contributed by atoms with E-state index in [-0.39, 0.29) is 6.42 Å². The van der Waals surface area contributed by atoms with Gasteiger partial charge in [-0.1, -0.05) is 0 Å². The van der Waals surface area contributed by atoms with Crippen molar-refractivity contribution in [2.75, 3.05) is 12.4 Å². The average molecular weight is 259 g/mol. The summed E-state index contributed by atoms with van der Waals surface area (Å²) in [5.74, 6) is -5.67. The number of imide groups is 1. The maximum Gasteiger partial charge on any atom is 0.251 e. The molecule has 1 N–H and O–H groups in total. The molecule has 0 spiro atoms. The van der Waals surface area contributed by atoms with Crippen LogP contribution in [0.2, 0.25) is 0 Å². The quantitative estimate of drug-likeness (QED) is 0.626. The molecule has 0 saturated carbocycles. The summed E-state index contributed by atoms with van der Waals surface area (Å²) in [5, 5.41) is 2.28. The van der Waals surface area contributed by atoms with Crippen molar-refractivity contribution in [1.82, 2.24) is 9.88 Å². The van der Waals surface area contributed by atoms with Gasteiger partial charge in [0.25, 0.3) is 11.9 Å². The molecule has 0 aromatic carbocycles. The highest BCUT2D eigenvalue weighted by Gasteiger charge is 2.36. The van der Waals surface area contributed by atoms with Gasteiger partial charge >= 0.3 is 0 Å². The van der Waals surface area contributed by atoms with E-state index < -0.39 is 41.3 Å². The van der Waals surface area contributed by atoms with Crippen LogP contribution in [0.3, 0.4) is 0 Å². The lowest BCUT2D eigenvalue weighted by molar-refractivity contribution is -0.136. The lowest BCUT2D eigenvalue weighted by atomic mass is 10.2. The molecule has 5 nitrogen and oxygen atoms in total. The fourth-order valence-electron chi connectivity index (χ4n) is 1.58. The molecule has 0 aliphatic carbocycles. The zero-order valence-electron chi connectivity index (χ0n) is 9.21. The Bertz CT molecular complexity index is 535. The topological polar surface area (TPSA) is 62.3 Å². The van der Waals surface area contributed by atoms with E-state index in [1.165, 1.54) is 7.05 Å². The minimum absolute atomic E-state index is 0.185. The number of hydrogen-bond acceptors (Lipinski definition) is 4. The van der Waals surface area contributed by atoms with Gasteiger partial charge in [0.05, 0.1) is 6.42 Å². The third-order valence-electron chi connectivity index (χ3n) is 2.58. The first kappa shape index (κ1) is 12.3. The van der Waals surface area contributed by atoms with E-state index >= 15 is 0 Å². The van der Waals surface area contributed by atoms with Crippen LogP contribution in [-0.2, 0) is 9.59 Å². The lowest BCUT2D eigenvalue weighted by Crippen LogP contribution is -2.32. The van der Waals surface area contributed by atoms with Crippen LogP contribution in [0.4, 0.5) is 19.0 Å². The minimum Gasteiger partial charge on any atom is -0.355 e. The molecule has 8 heteroatoms. The Labute approximate surface area is 99.6 Å². The Morgan fingerprint density at radius 3 is 2.56 bits per heavy atom. The van der Waals surface area contributed by atoms with Gasteiger partial charge in [0.15, 0.2) is 17.5 Å². The molecular weight excluding hydrogens is 251 g/mol. The average Bonchev–Trinajstić information content (AvgIpc) is 2.54. The van der Waals surface area contributed by atoms with E-state index in [1.807, 2.05) is 0 Å². The molecule has 96 valence electrons. The Balaban J connectivity index is 2.23. The largest absolute Gasteiger partial charge is 0.355 e. The van der Waals surface area contributed by atoms with E-state index in [0.29, 0.717) is 6.07 Å². The molecule has 1 aliphatic rings. The smallest absolute Gasteiger partial charge is 0.251 e.